The van der Waals surface area contributed by atoms with E-state index in [9.17, 15) is 0 Å². The number of hydrogen-bond donors (Lipinski definition) is 0. The Morgan fingerprint density at radius 3 is 2.06 bits per heavy atom. The molecular formula is C14H18N2. The van der Waals surface area contributed by atoms with Crippen LogP contribution in [0.15, 0.2) is 36.7 Å². The van der Waals surface area contributed by atoms with Gasteiger partial charge in [-0.3, -0.25) is 0 Å². The monoisotopic (exact) mass is 214 g/mol. The Morgan fingerprint density at radius 2 is 1.50 bits per heavy atom. The largest absolute Gasteiger partial charge is 0.242 e. The number of nitrogens with zero attached hydrogens (tertiary/aromatic N) is 2. The normalized spacial score (nSPS) is 9.25. The number of benzene rings is 1. The first kappa shape index (κ1) is 12.4. The van der Waals surface area contributed by atoms with Crippen LogP contribution in [-0.4, -0.2) is 9.97 Å². The summed E-state index contributed by atoms with van der Waals surface area (Å²) in [5.74, 6) is 0. The van der Waals surface area contributed by atoms with Gasteiger partial charge in [-0.2, -0.15) is 0 Å². The Bertz CT molecular complexity index is 433. The third kappa shape index (κ3) is 3.16. The molecule has 0 N–H and O–H groups in total. The zero-order chi connectivity index (χ0) is 12.0. The molecule has 0 spiro atoms. The molecule has 2 nitrogen and oxygen atoms in total. The first-order valence-corrected chi connectivity index (χ1v) is 5.61. The summed E-state index contributed by atoms with van der Waals surface area (Å²) in [4.78, 5) is 8.30. The van der Waals surface area contributed by atoms with Crippen LogP contribution >= 0.6 is 0 Å². The minimum absolute atomic E-state index is 0.984. The van der Waals surface area contributed by atoms with Gasteiger partial charge in [0.25, 0.3) is 0 Å². The average molecular weight is 214 g/mol. The minimum Gasteiger partial charge on any atom is -0.242 e. The summed E-state index contributed by atoms with van der Waals surface area (Å²) in [6, 6.07) is 10.3. The lowest BCUT2D eigenvalue weighted by Gasteiger charge is -2.01. The number of hydrogen-bond acceptors (Lipinski definition) is 2. The second kappa shape index (κ2) is 6.01. The highest BCUT2D eigenvalue weighted by molar-refractivity contribution is 5.59. The lowest BCUT2D eigenvalue weighted by molar-refractivity contribution is 1.11. The Kier molecular flexibility index (Phi) is 4.65. The Hall–Kier alpha value is -1.70. The lowest BCUT2D eigenvalue weighted by Crippen LogP contribution is -1.87. The maximum Gasteiger partial charge on any atom is 0.116 e. The van der Waals surface area contributed by atoms with Crippen LogP contribution in [-0.2, 0) is 0 Å². The maximum absolute atomic E-state index is 4.23. The minimum atomic E-state index is 0.984. The summed E-state index contributed by atoms with van der Waals surface area (Å²) in [7, 11) is 0. The molecule has 0 bridgehead atoms. The summed E-state index contributed by atoms with van der Waals surface area (Å²) in [5, 5.41) is 0. The van der Waals surface area contributed by atoms with Crippen molar-refractivity contribution in [2.24, 2.45) is 0 Å². The van der Waals surface area contributed by atoms with Crippen molar-refractivity contribution in [3.63, 3.8) is 0 Å². The van der Waals surface area contributed by atoms with Gasteiger partial charge in [0.15, 0.2) is 0 Å². The fourth-order valence-electron chi connectivity index (χ4n) is 1.34. The Balaban J connectivity index is 0.000000606. The predicted molar refractivity (Wildman–Crippen MR) is 68.3 cm³/mol. The molecule has 0 unspecified atom stereocenters. The van der Waals surface area contributed by atoms with E-state index in [0.29, 0.717) is 0 Å². The van der Waals surface area contributed by atoms with Crippen molar-refractivity contribution in [1.29, 1.82) is 0 Å². The second-order valence-corrected chi connectivity index (χ2v) is 3.41. The Labute approximate surface area is 97.4 Å². The first-order chi connectivity index (χ1) is 7.75. The molecule has 0 radical (unpaired) electrons. The molecular weight excluding hydrogens is 196 g/mol. The molecule has 2 heteroatoms. The molecule has 2 rings (SSSR count). The molecule has 84 valence electrons. The van der Waals surface area contributed by atoms with Gasteiger partial charge in [0.2, 0.25) is 0 Å². The van der Waals surface area contributed by atoms with Gasteiger partial charge in [-0.05, 0) is 19.9 Å². The van der Waals surface area contributed by atoms with Crippen LogP contribution < -0.4 is 0 Å². The van der Waals surface area contributed by atoms with Crippen LogP contribution in [0.2, 0.25) is 0 Å². The highest BCUT2D eigenvalue weighted by Gasteiger charge is 1.98. The van der Waals surface area contributed by atoms with Gasteiger partial charge in [0.05, 0.1) is 5.69 Å². The van der Waals surface area contributed by atoms with Crippen molar-refractivity contribution in [2.75, 3.05) is 0 Å². The molecule has 0 aliphatic heterocycles. The van der Waals surface area contributed by atoms with Crippen molar-refractivity contribution in [1.82, 2.24) is 9.97 Å². The van der Waals surface area contributed by atoms with Crippen molar-refractivity contribution >= 4 is 0 Å². The van der Waals surface area contributed by atoms with Crippen LogP contribution in [0.5, 0.6) is 0 Å². The molecule has 0 fully saturated rings. The molecule has 0 saturated carbocycles. The predicted octanol–water partition coefficient (Wildman–Crippen LogP) is 3.79. The van der Waals surface area contributed by atoms with E-state index in [0.717, 1.165) is 17.0 Å². The molecule has 2 aromatic rings. The van der Waals surface area contributed by atoms with E-state index in [2.05, 4.69) is 41.2 Å². The first-order valence-electron chi connectivity index (χ1n) is 5.61. The van der Waals surface area contributed by atoms with Crippen LogP contribution in [0.25, 0.3) is 11.3 Å². The van der Waals surface area contributed by atoms with Crippen molar-refractivity contribution in [2.45, 2.75) is 27.7 Å². The molecule has 0 atom stereocenters. The SMILES string of the molecule is CC.Cc1ccc(-c2cc(C)ncn2)cc1. The van der Waals surface area contributed by atoms with E-state index in [1.807, 2.05) is 26.8 Å². The lowest BCUT2D eigenvalue weighted by atomic mass is 10.1. The standard InChI is InChI=1S/C12H12N2.C2H6/c1-9-3-5-11(6-4-9)12-7-10(2)13-8-14-12;1-2/h3-8H,1-2H3;1-2H3. The highest BCUT2D eigenvalue weighted by Crippen LogP contribution is 2.16. The summed E-state index contributed by atoms with van der Waals surface area (Å²) >= 11 is 0. The van der Waals surface area contributed by atoms with Gasteiger partial charge in [0, 0.05) is 11.3 Å². The van der Waals surface area contributed by atoms with Gasteiger partial charge in [0.1, 0.15) is 6.33 Å². The summed E-state index contributed by atoms with van der Waals surface area (Å²) in [6.07, 6.45) is 1.60. The van der Waals surface area contributed by atoms with E-state index < -0.39 is 0 Å². The highest BCUT2D eigenvalue weighted by atomic mass is 14.8. The van der Waals surface area contributed by atoms with Gasteiger partial charge in [-0.15, -0.1) is 0 Å². The summed E-state index contributed by atoms with van der Waals surface area (Å²) in [6.45, 7) is 8.05. The number of aromatic nitrogens is 2. The van der Waals surface area contributed by atoms with Gasteiger partial charge >= 0.3 is 0 Å². The molecule has 1 aromatic heterocycles. The summed E-state index contributed by atoms with van der Waals surface area (Å²) in [5.41, 5.74) is 4.38. The van der Waals surface area contributed by atoms with Crippen LogP contribution in [0, 0.1) is 13.8 Å². The summed E-state index contributed by atoms with van der Waals surface area (Å²) < 4.78 is 0. The molecule has 16 heavy (non-hydrogen) atoms. The average Bonchev–Trinajstić information content (AvgIpc) is 2.32. The number of rotatable bonds is 1. The molecule has 1 aromatic carbocycles. The third-order valence-corrected chi connectivity index (χ3v) is 2.15. The van der Waals surface area contributed by atoms with Crippen LogP contribution in [0.3, 0.4) is 0 Å². The van der Waals surface area contributed by atoms with E-state index in [1.54, 1.807) is 6.33 Å². The topological polar surface area (TPSA) is 25.8 Å². The fourth-order valence-corrected chi connectivity index (χ4v) is 1.34. The van der Waals surface area contributed by atoms with E-state index >= 15 is 0 Å². The zero-order valence-electron chi connectivity index (χ0n) is 10.4. The molecule has 0 amide bonds. The maximum atomic E-state index is 4.23. The molecule has 0 aliphatic carbocycles. The van der Waals surface area contributed by atoms with E-state index in [-0.39, 0.29) is 0 Å². The molecule has 0 aliphatic rings. The second-order valence-electron chi connectivity index (χ2n) is 3.41. The van der Waals surface area contributed by atoms with E-state index in [1.165, 1.54) is 5.56 Å². The van der Waals surface area contributed by atoms with Gasteiger partial charge in [-0.25, -0.2) is 9.97 Å². The quantitative estimate of drug-likeness (QED) is 0.721. The zero-order valence-corrected chi connectivity index (χ0v) is 10.4. The van der Waals surface area contributed by atoms with Crippen molar-refractivity contribution in [3.05, 3.63) is 47.9 Å². The van der Waals surface area contributed by atoms with Gasteiger partial charge in [-0.1, -0.05) is 43.7 Å². The molecule has 1 heterocycles. The fraction of sp³-hybridized carbons (Fsp3) is 0.286. The Morgan fingerprint density at radius 1 is 0.875 bits per heavy atom. The number of aryl methyl sites for hydroxylation is 2. The van der Waals surface area contributed by atoms with Crippen molar-refractivity contribution in [3.8, 4) is 11.3 Å². The van der Waals surface area contributed by atoms with Crippen molar-refractivity contribution < 1.29 is 0 Å². The smallest absolute Gasteiger partial charge is 0.116 e. The molecule has 0 saturated heterocycles. The van der Waals surface area contributed by atoms with Crippen LogP contribution in [0.1, 0.15) is 25.1 Å². The van der Waals surface area contributed by atoms with Crippen LogP contribution in [0.4, 0.5) is 0 Å². The van der Waals surface area contributed by atoms with E-state index in [4.69, 9.17) is 0 Å². The van der Waals surface area contributed by atoms with Gasteiger partial charge < -0.3 is 0 Å². The third-order valence-electron chi connectivity index (χ3n) is 2.15.